The zero-order chi connectivity index (χ0) is 12.0. The maximum Gasteiger partial charge on any atom is 0.404 e. The van der Waals surface area contributed by atoms with Gasteiger partial charge in [-0.2, -0.15) is 0 Å². The number of carboxylic acids is 1. The zero-order valence-electron chi connectivity index (χ0n) is 7.63. The number of nitrogens with two attached hydrogens (primary N) is 2. The molecule has 0 radical (unpaired) electrons. The number of hydrogen-bond acceptors (Lipinski definition) is 6. The number of hydrogen-bond donors (Lipinski definition) is 3. The third-order valence-corrected chi connectivity index (χ3v) is 1.38. The molecule has 15 heavy (non-hydrogen) atoms. The van der Waals surface area contributed by atoms with E-state index in [1.165, 1.54) is 0 Å². The van der Waals surface area contributed by atoms with E-state index in [9.17, 15) is 19.2 Å². The van der Waals surface area contributed by atoms with Crippen molar-refractivity contribution in [2.45, 2.75) is 18.9 Å². The number of aliphatic carboxylic acids is 1. The predicted molar refractivity (Wildman–Crippen MR) is 45.1 cm³/mol. The lowest BCUT2D eigenvalue weighted by Crippen LogP contribution is -2.32. The standard InChI is InChI=1S/C7H10N2O6/c8-3(6(12)13)1-2-4(10)15-7(14)5(9)11/h3H,1-2,8H2,(H2,9,11)(H,12,13)/t3-/m0/s1. The highest BCUT2D eigenvalue weighted by Crippen LogP contribution is 1.97. The highest BCUT2D eigenvalue weighted by Gasteiger charge is 2.18. The molecule has 0 spiro atoms. The molecule has 5 N–H and O–H groups in total. The summed E-state index contributed by atoms with van der Waals surface area (Å²) in [7, 11) is 0. The van der Waals surface area contributed by atoms with E-state index in [1.807, 2.05) is 0 Å². The van der Waals surface area contributed by atoms with Crippen molar-refractivity contribution in [3.05, 3.63) is 0 Å². The first-order valence-electron chi connectivity index (χ1n) is 3.87. The van der Waals surface area contributed by atoms with Crippen molar-refractivity contribution in [3.8, 4) is 0 Å². The number of ether oxygens (including phenoxy) is 1. The fraction of sp³-hybridized carbons (Fsp3) is 0.429. The maximum atomic E-state index is 10.8. The summed E-state index contributed by atoms with van der Waals surface area (Å²) in [4.78, 5) is 41.6. The monoisotopic (exact) mass is 218 g/mol. The molecule has 0 bridgehead atoms. The van der Waals surface area contributed by atoms with E-state index < -0.39 is 29.9 Å². The summed E-state index contributed by atoms with van der Waals surface area (Å²) in [5.74, 6) is -5.20. The fourth-order valence-electron chi connectivity index (χ4n) is 0.602. The van der Waals surface area contributed by atoms with E-state index in [1.54, 1.807) is 0 Å². The topological polar surface area (TPSA) is 150 Å². The molecular formula is C7H10N2O6. The molecule has 0 heterocycles. The molecule has 0 fully saturated rings. The Morgan fingerprint density at radius 2 is 1.80 bits per heavy atom. The van der Waals surface area contributed by atoms with Gasteiger partial charge in [-0.3, -0.25) is 14.4 Å². The highest BCUT2D eigenvalue weighted by molar-refractivity contribution is 6.33. The van der Waals surface area contributed by atoms with Crippen LogP contribution in [0.1, 0.15) is 12.8 Å². The molecule has 0 aromatic heterocycles. The van der Waals surface area contributed by atoms with Gasteiger partial charge in [0.2, 0.25) is 0 Å². The SMILES string of the molecule is NC(=O)C(=O)OC(=O)CC[C@H](N)C(=O)O. The van der Waals surface area contributed by atoms with Crippen molar-refractivity contribution in [2.24, 2.45) is 11.5 Å². The lowest BCUT2D eigenvalue weighted by Gasteiger charge is -2.04. The molecule has 0 aromatic rings. The van der Waals surface area contributed by atoms with Gasteiger partial charge in [-0.25, -0.2) is 4.79 Å². The number of primary amides is 1. The predicted octanol–water partition coefficient (Wildman–Crippen LogP) is -2.27. The average molecular weight is 218 g/mol. The summed E-state index contributed by atoms with van der Waals surface area (Å²) < 4.78 is 3.94. The van der Waals surface area contributed by atoms with Crippen LogP contribution in [-0.2, 0) is 23.9 Å². The van der Waals surface area contributed by atoms with Gasteiger partial charge in [-0.05, 0) is 6.42 Å². The Labute approximate surface area is 84.2 Å². The van der Waals surface area contributed by atoms with Crippen molar-refractivity contribution in [1.82, 2.24) is 0 Å². The first-order chi connectivity index (χ1) is 6.84. The zero-order valence-corrected chi connectivity index (χ0v) is 7.63. The Hall–Kier alpha value is -1.96. The minimum Gasteiger partial charge on any atom is -0.480 e. The Balaban J connectivity index is 3.91. The van der Waals surface area contributed by atoms with E-state index in [4.69, 9.17) is 10.8 Å². The second kappa shape index (κ2) is 5.70. The molecule has 0 aliphatic carbocycles. The van der Waals surface area contributed by atoms with E-state index >= 15 is 0 Å². The summed E-state index contributed by atoms with van der Waals surface area (Å²) in [5, 5.41) is 8.35. The van der Waals surface area contributed by atoms with Crippen molar-refractivity contribution in [2.75, 3.05) is 0 Å². The van der Waals surface area contributed by atoms with Gasteiger partial charge >= 0.3 is 23.8 Å². The molecule has 8 nitrogen and oxygen atoms in total. The quantitative estimate of drug-likeness (QED) is 0.273. The van der Waals surface area contributed by atoms with Crippen LogP contribution in [0.4, 0.5) is 0 Å². The number of amides is 1. The molecule has 0 unspecified atom stereocenters. The Morgan fingerprint density at radius 3 is 2.20 bits per heavy atom. The maximum absolute atomic E-state index is 10.8. The number of rotatable bonds is 4. The molecule has 0 rings (SSSR count). The average Bonchev–Trinajstić information content (AvgIpc) is 2.13. The van der Waals surface area contributed by atoms with Crippen LogP contribution in [0, 0.1) is 0 Å². The summed E-state index contributed by atoms with van der Waals surface area (Å²) in [6.07, 6.45) is -0.577. The van der Waals surface area contributed by atoms with E-state index in [-0.39, 0.29) is 12.8 Å². The lowest BCUT2D eigenvalue weighted by atomic mass is 10.2. The van der Waals surface area contributed by atoms with E-state index in [0.717, 1.165) is 0 Å². The van der Waals surface area contributed by atoms with Gasteiger partial charge in [0.25, 0.3) is 0 Å². The van der Waals surface area contributed by atoms with Crippen molar-refractivity contribution in [3.63, 3.8) is 0 Å². The summed E-state index contributed by atoms with van der Waals surface area (Å²) in [6, 6.07) is -1.22. The summed E-state index contributed by atoms with van der Waals surface area (Å²) in [6.45, 7) is 0. The van der Waals surface area contributed by atoms with Crippen LogP contribution in [0.15, 0.2) is 0 Å². The van der Waals surface area contributed by atoms with Gasteiger partial charge in [0.1, 0.15) is 6.04 Å². The number of carboxylic acid groups (broad SMARTS) is 1. The third kappa shape index (κ3) is 5.37. The fourth-order valence-corrected chi connectivity index (χ4v) is 0.602. The van der Waals surface area contributed by atoms with E-state index in [2.05, 4.69) is 10.5 Å². The van der Waals surface area contributed by atoms with Gasteiger partial charge in [0, 0.05) is 6.42 Å². The van der Waals surface area contributed by atoms with Gasteiger partial charge in [-0.1, -0.05) is 0 Å². The Kier molecular flexibility index (Phi) is 4.96. The number of carbonyl (C=O) groups excluding carboxylic acids is 3. The second-order valence-electron chi connectivity index (χ2n) is 2.61. The van der Waals surface area contributed by atoms with E-state index in [0.29, 0.717) is 0 Å². The number of carbonyl (C=O) groups is 4. The van der Waals surface area contributed by atoms with Gasteiger partial charge in [0.05, 0.1) is 0 Å². The van der Waals surface area contributed by atoms with Crippen LogP contribution >= 0.6 is 0 Å². The molecule has 0 aliphatic heterocycles. The second-order valence-corrected chi connectivity index (χ2v) is 2.61. The normalized spacial score (nSPS) is 11.5. The minimum atomic E-state index is -1.48. The lowest BCUT2D eigenvalue weighted by molar-refractivity contribution is -0.164. The van der Waals surface area contributed by atoms with Crippen LogP contribution in [0.5, 0.6) is 0 Å². The summed E-state index contributed by atoms with van der Waals surface area (Å²) >= 11 is 0. The number of esters is 2. The molecule has 1 atom stereocenters. The van der Waals surface area contributed by atoms with Crippen LogP contribution in [0.3, 0.4) is 0 Å². The van der Waals surface area contributed by atoms with Crippen molar-refractivity contribution < 1.29 is 29.0 Å². The van der Waals surface area contributed by atoms with Crippen LogP contribution in [0.2, 0.25) is 0 Å². The molecular weight excluding hydrogens is 208 g/mol. The van der Waals surface area contributed by atoms with Crippen LogP contribution in [0.25, 0.3) is 0 Å². The largest absolute Gasteiger partial charge is 0.480 e. The Morgan fingerprint density at radius 1 is 1.27 bits per heavy atom. The minimum absolute atomic E-state index is 0.194. The van der Waals surface area contributed by atoms with Gasteiger partial charge < -0.3 is 21.3 Å². The highest BCUT2D eigenvalue weighted by atomic mass is 16.6. The summed E-state index contributed by atoms with van der Waals surface area (Å²) in [5.41, 5.74) is 9.58. The molecule has 1 amide bonds. The van der Waals surface area contributed by atoms with Crippen molar-refractivity contribution in [1.29, 1.82) is 0 Å². The first-order valence-corrected chi connectivity index (χ1v) is 3.87. The Bertz CT molecular complexity index is 300. The van der Waals surface area contributed by atoms with Crippen LogP contribution < -0.4 is 11.5 Å². The van der Waals surface area contributed by atoms with Crippen molar-refractivity contribution >= 4 is 23.8 Å². The first kappa shape index (κ1) is 13.0. The molecule has 84 valence electrons. The van der Waals surface area contributed by atoms with Gasteiger partial charge in [0.15, 0.2) is 0 Å². The molecule has 0 saturated carbocycles. The smallest absolute Gasteiger partial charge is 0.404 e. The van der Waals surface area contributed by atoms with Crippen LogP contribution in [-0.4, -0.2) is 35.0 Å². The molecule has 0 saturated heterocycles. The molecule has 0 aliphatic rings. The molecule has 8 heteroatoms. The van der Waals surface area contributed by atoms with Gasteiger partial charge in [-0.15, -0.1) is 0 Å². The third-order valence-electron chi connectivity index (χ3n) is 1.38. The molecule has 0 aromatic carbocycles.